The molecule has 1 heterocycles. The molecule has 0 saturated heterocycles. The van der Waals surface area contributed by atoms with Crippen molar-refractivity contribution in [2.45, 2.75) is 18.1 Å². The Kier molecular flexibility index (Phi) is 5.40. The molecule has 0 unspecified atom stereocenters. The Hall–Kier alpha value is -3.03. The van der Waals surface area contributed by atoms with Gasteiger partial charge in [0.05, 0.1) is 18.2 Å². The molecular formula is C23H19BrN2O4. The summed E-state index contributed by atoms with van der Waals surface area (Å²) in [4.78, 5) is 26.2. The number of carbonyl (C=O) groups is 1. The highest BCUT2D eigenvalue weighted by Gasteiger charge is 2.56. The van der Waals surface area contributed by atoms with Gasteiger partial charge in [0.1, 0.15) is 0 Å². The van der Waals surface area contributed by atoms with Crippen LogP contribution in [0.5, 0.6) is 0 Å². The third-order valence-electron chi connectivity index (χ3n) is 5.45. The topological polar surface area (TPSA) is 83.7 Å². The van der Waals surface area contributed by atoms with Crippen molar-refractivity contribution in [3.05, 3.63) is 110 Å². The van der Waals surface area contributed by atoms with E-state index in [-0.39, 0.29) is 6.54 Å². The third-order valence-corrected chi connectivity index (χ3v) is 5.95. The number of carbonyl (C=O) groups excluding carboxylic acids is 1. The molecule has 0 radical (unpaired) electrons. The van der Waals surface area contributed by atoms with Gasteiger partial charge in [-0.3, -0.25) is 14.9 Å². The van der Waals surface area contributed by atoms with Crippen LogP contribution in [0.4, 0.5) is 5.69 Å². The van der Waals surface area contributed by atoms with E-state index in [4.69, 9.17) is 0 Å². The van der Waals surface area contributed by atoms with Crippen LogP contribution in [0.3, 0.4) is 0 Å². The zero-order chi connectivity index (χ0) is 21.3. The van der Waals surface area contributed by atoms with E-state index in [1.54, 1.807) is 48.5 Å². The normalized spacial score (nSPS) is 18.9. The highest BCUT2D eigenvalue weighted by atomic mass is 79.9. The van der Waals surface area contributed by atoms with Gasteiger partial charge in [0.15, 0.2) is 5.60 Å². The minimum atomic E-state index is -2.05. The molecule has 0 aliphatic carbocycles. The van der Waals surface area contributed by atoms with Gasteiger partial charge in [-0.05, 0) is 29.3 Å². The van der Waals surface area contributed by atoms with Crippen LogP contribution in [0.2, 0.25) is 0 Å². The summed E-state index contributed by atoms with van der Waals surface area (Å²) < 4.78 is 0.682. The van der Waals surface area contributed by atoms with Gasteiger partial charge < -0.3 is 10.0 Å². The molecule has 1 amide bonds. The van der Waals surface area contributed by atoms with Gasteiger partial charge in [0.2, 0.25) is 6.54 Å². The molecule has 3 aromatic carbocycles. The Bertz CT molecular complexity index is 1090. The van der Waals surface area contributed by atoms with Gasteiger partial charge in [-0.25, -0.2) is 0 Å². The number of hydrogen-bond acceptors (Lipinski definition) is 4. The largest absolute Gasteiger partial charge is 0.375 e. The van der Waals surface area contributed by atoms with Crippen molar-refractivity contribution in [2.24, 2.45) is 0 Å². The number of amides is 1. The lowest BCUT2D eigenvalue weighted by atomic mass is 9.78. The average molecular weight is 467 g/mol. The summed E-state index contributed by atoms with van der Waals surface area (Å²) >= 11 is 3.40. The average Bonchev–Trinajstić information content (AvgIpc) is 2.95. The van der Waals surface area contributed by atoms with Gasteiger partial charge >= 0.3 is 0 Å². The number of nitrogens with zero attached hydrogens (tertiary/aromatic N) is 2. The second kappa shape index (κ2) is 8.01. The third kappa shape index (κ3) is 3.51. The molecule has 0 aromatic heterocycles. The van der Waals surface area contributed by atoms with Crippen molar-refractivity contribution in [3.8, 4) is 0 Å². The highest BCUT2D eigenvalue weighted by molar-refractivity contribution is 9.10. The smallest absolute Gasteiger partial charge is 0.264 e. The lowest BCUT2D eigenvalue weighted by molar-refractivity contribution is -0.486. The maximum atomic E-state index is 13.6. The van der Waals surface area contributed by atoms with Gasteiger partial charge in [0.25, 0.3) is 5.91 Å². The molecule has 7 heteroatoms. The Morgan fingerprint density at radius 2 is 1.67 bits per heavy atom. The quantitative estimate of drug-likeness (QED) is 0.434. The number of anilines is 1. The molecule has 1 N–H and O–H groups in total. The van der Waals surface area contributed by atoms with Crippen LogP contribution in [0.25, 0.3) is 0 Å². The van der Waals surface area contributed by atoms with E-state index in [2.05, 4.69) is 15.9 Å². The van der Waals surface area contributed by atoms with E-state index in [9.17, 15) is 20.0 Å². The van der Waals surface area contributed by atoms with Crippen molar-refractivity contribution in [3.63, 3.8) is 0 Å². The summed E-state index contributed by atoms with van der Waals surface area (Å²) in [6.07, 6.45) is 0. The molecule has 30 heavy (non-hydrogen) atoms. The Morgan fingerprint density at radius 1 is 1.03 bits per heavy atom. The van der Waals surface area contributed by atoms with Crippen molar-refractivity contribution in [1.82, 2.24) is 0 Å². The van der Waals surface area contributed by atoms with Gasteiger partial charge in [0, 0.05) is 15.0 Å². The fraction of sp³-hybridized carbons (Fsp3) is 0.174. The first-order valence-electron chi connectivity index (χ1n) is 9.46. The number of fused-ring (bicyclic) bond motifs is 1. The number of hydrogen-bond donors (Lipinski definition) is 1. The van der Waals surface area contributed by atoms with Crippen molar-refractivity contribution >= 4 is 27.5 Å². The van der Waals surface area contributed by atoms with Crippen molar-refractivity contribution in [1.29, 1.82) is 0 Å². The van der Waals surface area contributed by atoms with Gasteiger partial charge in [-0.2, -0.15) is 0 Å². The standard InChI is InChI=1S/C23H19BrN2O4/c24-18-11-12-21-19(13-18)23(28,20(15-26(29)30)17-9-5-2-6-10-17)22(27)25(21)14-16-7-3-1-4-8-16/h1-13,20,28H,14-15H2/t20-,23+/m1/s1. The van der Waals surface area contributed by atoms with Crippen molar-refractivity contribution < 1.29 is 14.8 Å². The molecule has 0 bridgehead atoms. The second-order valence-electron chi connectivity index (χ2n) is 7.28. The number of aliphatic hydroxyl groups is 1. The molecule has 152 valence electrons. The minimum Gasteiger partial charge on any atom is -0.375 e. The minimum absolute atomic E-state index is 0.261. The van der Waals surface area contributed by atoms with E-state index >= 15 is 0 Å². The van der Waals surface area contributed by atoms with Gasteiger partial charge in [-0.1, -0.05) is 76.6 Å². The maximum Gasteiger partial charge on any atom is 0.264 e. The zero-order valence-electron chi connectivity index (χ0n) is 15.9. The van der Waals surface area contributed by atoms with Gasteiger partial charge in [-0.15, -0.1) is 0 Å². The zero-order valence-corrected chi connectivity index (χ0v) is 17.5. The van der Waals surface area contributed by atoms with E-state index in [0.29, 0.717) is 21.3 Å². The summed E-state index contributed by atoms with van der Waals surface area (Å²) in [5, 5.41) is 23.3. The van der Waals surface area contributed by atoms with Crippen LogP contribution in [-0.2, 0) is 16.9 Å². The summed E-state index contributed by atoms with van der Waals surface area (Å²) in [5.74, 6) is -1.59. The summed E-state index contributed by atoms with van der Waals surface area (Å²) in [7, 11) is 0. The molecule has 3 aromatic rings. The molecular weight excluding hydrogens is 448 g/mol. The maximum absolute atomic E-state index is 13.6. The Morgan fingerprint density at radius 3 is 2.30 bits per heavy atom. The first-order valence-corrected chi connectivity index (χ1v) is 10.3. The van der Waals surface area contributed by atoms with Crippen LogP contribution >= 0.6 is 15.9 Å². The molecule has 1 aliphatic heterocycles. The fourth-order valence-corrected chi connectivity index (χ4v) is 4.41. The lowest BCUT2D eigenvalue weighted by Gasteiger charge is -2.30. The second-order valence-corrected chi connectivity index (χ2v) is 8.20. The molecule has 0 saturated carbocycles. The number of benzene rings is 3. The van der Waals surface area contributed by atoms with Crippen LogP contribution in [0.1, 0.15) is 22.6 Å². The Labute approximate surface area is 182 Å². The van der Waals surface area contributed by atoms with E-state index in [1.165, 1.54) is 4.90 Å². The van der Waals surface area contributed by atoms with Crippen LogP contribution < -0.4 is 4.90 Å². The molecule has 4 rings (SSSR count). The van der Waals surface area contributed by atoms with Crippen molar-refractivity contribution in [2.75, 3.05) is 11.4 Å². The summed E-state index contributed by atoms with van der Waals surface area (Å²) in [6, 6.07) is 23.4. The molecule has 1 aliphatic rings. The number of halogens is 1. The van der Waals surface area contributed by atoms with Crippen LogP contribution in [0.15, 0.2) is 83.3 Å². The highest BCUT2D eigenvalue weighted by Crippen LogP contribution is 2.49. The first kappa shape index (κ1) is 20.3. The van der Waals surface area contributed by atoms with E-state index in [0.717, 1.165) is 5.56 Å². The lowest BCUT2D eigenvalue weighted by Crippen LogP contribution is -2.46. The SMILES string of the molecule is O=C1N(Cc2ccccc2)c2ccc(Br)cc2[C@]1(O)[C@H](C[N+](=O)[O-])c1ccccc1. The molecule has 6 nitrogen and oxygen atoms in total. The van der Waals surface area contributed by atoms with E-state index < -0.39 is 28.9 Å². The summed E-state index contributed by atoms with van der Waals surface area (Å²) in [6.45, 7) is -0.312. The predicted molar refractivity (Wildman–Crippen MR) is 117 cm³/mol. The number of nitro groups is 1. The first-order chi connectivity index (χ1) is 14.4. The fourth-order valence-electron chi connectivity index (χ4n) is 4.05. The number of rotatable bonds is 6. The monoisotopic (exact) mass is 466 g/mol. The molecule has 0 spiro atoms. The Balaban J connectivity index is 1.86. The van der Waals surface area contributed by atoms with E-state index in [1.807, 2.05) is 30.3 Å². The summed E-state index contributed by atoms with van der Waals surface area (Å²) in [5.41, 5.74) is 0.307. The molecule has 2 atom stereocenters. The van der Waals surface area contributed by atoms with Crippen LogP contribution in [0, 0.1) is 10.1 Å². The van der Waals surface area contributed by atoms with Crippen LogP contribution in [-0.4, -0.2) is 22.5 Å². The molecule has 0 fully saturated rings. The predicted octanol–water partition coefficient (Wildman–Crippen LogP) is 4.24.